The molecule has 2 N–H and O–H groups in total. The minimum absolute atomic E-state index is 0.475. The second-order valence-electron chi connectivity index (χ2n) is 5.52. The van der Waals surface area contributed by atoms with E-state index in [0.29, 0.717) is 12.6 Å². The van der Waals surface area contributed by atoms with Crippen LogP contribution in [0.2, 0.25) is 0 Å². The second-order valence-corrected chi connectivity index (χ2v) is 5.52. The Kier molecular flexibility index (Phi) is 3.46. The van der Waals surface area contributed by atoms with Gasteiger partial charge in [0, 0.05) is 25.3 Å². The summed E-state index contributed by atoms with van der Waals surface area (Å²) in [5, 5.41) is 0. The molecule has 1 unspecified atom stereocenters. The SMILES string of the molecule is NCc1cncc(N2CCCC2C2CCCC2)n1. The summed E-state index contributed by atoms with van der Waals surface area (Å²) in [6.07, 6.45) is 11.9. The van der Waals surface area contributed by atoms with Crippen molar-refractivity contribution in [1.29, 1.82) is 0 Å². The van der Waals surface area contributed by atoms with Gasteiger partial charge in [0.15, 0.2) is 0 Å². The fourth-order valence-corrected chi connectivity index (χ4v) is 3.54. The fraction of sp³-hybridized carbons (Fsp3) is 0.714. The average Bonchev–Trinajstić information content (AvgIpc) is 3.09. The predicted octanol–water partition coefficient (Wildman–Crippen LogP) is 2.09. The molecule has 4 heteroatoms. The van der Waals surface area contributed by atoms with Gasteiger partial charge in [-0.2, -0.15) is 0 Å². The summed E-state index contributed by atoms with van der Waals surface area (Å²) in [4.78, 5) is 11.4. The first kappa shape index (κ1) is 11.9. The monoisotopic (exact) mass is 246 g/mol. The predicted molar refractivity (Wildman–Crippen MR) is 72.2 cm³/mol. The zero-order valence-electron chi connectivity index (χ0n) is 10.9. The number of hydrogen-bond acceptors (Lipinski definition) is 4. The highest BCUT2D eigenvalue weighted by molar-refractivity contribution is 5.39. The Bertz CT molecular complexity index is 401. The lowest BCUT2D eigenvalue weighted by atomic mass is 9.96. The first-order chi connectivity index (χ1) is 8.88. The molecule has 3 rings (SSSR count). The first-order valence-electron chi connectivity index (χ1n) is 7.16. The third-order valence-electron chi connectivity index (χ3n) is 4.42. The van der Waals surface area contributed by atoms with Crippen molar-refractivity contribution in [1.82, 2.24) is 9.97 Å². The minimum atomic E-state index is 0.475. The summed E-state index contributed by atoms with van der Waals surface area (Å²) in [5.74, 6) is 1.91. The minimum Gasteiger partial charge on any atom is -0.352 e. The van der Waals surface area contributed by atoms with Crippen LogP contribution >= 0.6 is 0 Å². The maximum Gasteiger partial charge on any atom is 0.147 e. The van der Waals surface area contributed by atoms with Gasteiger partial charge in [-0.05, 0) is 31.6 Å². The first-order valence-corrected chi connectivity index (χ1v) is 7.16. The van der Waals surface area contributed by atoms with Gasteiger partial charge in [-0.15, -0.1) is 0 Å². The lowest BCUT2D eigenvalue weighted by molar-refractivity contribution is 0.429. The maximum atomic E-state index is 5.65. The van der Waals surface area contributed by atoms with Crippen molar-refractivity contribution in [3.05, 3.63) is 18.1 Å². The highest BCUT2D eigenvalue weighted by atomic mass is 15.2. The summed E-state index contributed by atoms with van der Waals surface area (Å²) < 4.78 is 0. The van der Waals surface area contributed by atoms with Crippen molar-refractivity contribution in [2.24, 2.45) is 11.7 Å². The Morgan fingerprint density at radius 2 is 2.00 bits per heavy atom. The zero-order valence-corrected chi connectivity index (χ0v) is 10.9. The molecule has 98 valence electrons. The summed E-state index contributed by atoms with van der Waals surface area (Å²) >= 11 is 0. The standard InChI is InChI=1S/C14H22N4/c15-8-12-9-16-10-14(17-12)18-7-3-6-13(18)11-4-1-2-5-11/h9-11,13H,1-8,15H2. The molecule has 2 fully saturated rings. The maximum absolute atomic E-state index is 5.65. The smallest absolute Gasteiger partial charge is 0.147 e. The van der Waals surface area contributed by atoms with E-state index in [2.05, 4.69) is 14.9 Å². The molecule has 0 radical (unpaired) electrons. The van der Waals surface area contributed by atoms with E-state index >= 15 is 0 Å². The summed E-state index contributed by atoms with van der Waals surface area (Å²) in [5.41, 5.74) is 6.55. The van der Waals surface area contributed by atoms with Gasteiger partial charge in [-0.25, -0.2) is 4.98 Å². The molecule has 1 saturated carbocycles. The Labute approximate surface area is 109 Å². The van der Waals surface area contributed by atoms with Gasteiger partial charge in [0.25, 0.3) is 0 Å². The van der Waals surface area contributed by atoms with Crippen LogP contribution in [0.5, 0.6) is 0 Å². The lowest BCUT2D eigenvalue weighted by Gasteiger charge is -2.30. The van der Waals surface area contributed by atoms with Crippen LogP contribution in [0.3, 0.4) is 0 Å². The highest BCUT2D eigenvalue weighted by Gasteiger charge is 2.34. The van der Waals surface area contributed by atoms with E-state index in [9.17, 15) is 0 Å². The fourth-order valence-electron chi connectivity index (χ4n) is 3.54. The molecule has 1 aromatic rings. The van der Waals surface area contributed by atoms with Crippen molar-refractivity contribution in [3.8, 4) is 0 Å². The third-order valence-corrected chi connectivity index (χ3v) is 4.42. The van der Waals surface area contributed by atoms with Gasteiger partial charge < -0.3 is 10.6 Å². The summed E-state index contributed by atoms with van der Waals surface area (Å²) in [6.45, 7) is 1.60. The van der Waals surface area contributed by atoms with Crippen LogP contribution in [-0.4, -0.2) is 22.6 Å². The van der Waals surface area contributed by atoms with Crippen molar-refractivity contribution in [3.63, 3.8) is 0 Å². The van der Waals surface area contributed by atoms with E-state index in [0.717, 1.165) is 24.0 Å². The molecule has 1 aliphatic heterocycles. The Morgan fingerprint density at radius 1 is 1.17 bits per heavy atom. The number of anilines is 1. The van der Waals surface area contributed by atoms with Gasteiger partial charge in [-0.1, -0.05) is 12.8 Å². The largest absolute Gasteiger partial charge is 0.352 e. The van der Waals surface area contributed by atoms with Gasteiger partial charge in [0.1, 0.15) is 5.82 Å². The van der Waals surface area contributed by atoms with Crippen LogP contribution in [0.25, 0.3) is 0 Å². The molecule has 2 heterocycles. The molecule has 0 amide bonds. The second kappa shape index (κ2) is 5.22. The van der Waals surface area contributed by atoms with E-state index in [4.69, 9.17) is 5.73 Å². The van der Waals surface area contributed by atoms with E-state index in [1.54, 1.807) is 6.20 Å². The number of rotatable bonds is 3. The molecule has 2 aliphatic rings. The van der Waals surface area contributed by atoms with Crippen LogP contribution < -0.4 is 10.6 Å². The molecule has 0 bridgehead atoms. The molecule has 4 nitrogen and oxygen atoms in total. The zero-order chi connectivity index (χ0) is 12.4. The third kappa shape index (κ3) is 2.21. The molecular formula is C14H22N4. The van der Waals surface area contributed by atoms with Crippen molar-refractivity contribution < 1.29 is 0 Å². The number of nitrogens with two attached hydrogens (primary N) is 1. The van der Waals surface area contributed by atoms with Gasteiger partial charge in [0.05, 0.1) is 11.9 Å². The lowest BCUT2D eigenvalue weighted by Crippen LogP contribution is -2.35. The highest BCUT2D eigenvalue weighted by Crippen LogP contribution is 2.36. The Morgan fingerprint density at radius 3 is 2.78 bits per heavy atom. The Hall–Kier alpha value is -1.16. The molecule has 0 aromatic carbocycles. The van der Waals surface area contributed by atoms with Crippen LogP contribution in [0.1, 0.15) is 44.2 Å². The average molecular weight is 246 g/mol. The molecule has 1 saturated heterocycles. The molecule has 0 spiro atoms. The van der Waals surface area contributed by atoms with E-state index in [1.165, 1.54) is 38.5 Å². The van der Waals surface area contributed by atoms with Crippen molar-refractivity contribution in [2.75, 3.05) is 11.4 Å². The van der Waals surface area contributed by atoms with E-state index in [-0.39, 0.29) is 0 Å². The van der Waals surface area contributed by atoms with E-state index < -0.39 is 0 Å². The van der Waals surface area contributed by atoms with Crippen LogP contribution in [0.4, 0.5) is 5.82 Å². The normalized spacial score (nSPS) is 24.9. The number of aromatic nitrogens is 2. The topological polar surface area (TPSA) is 55.0 Å². The van der Waals surface area contributed by atoms with Gasteiger partial charge in [-0.3, -0.25) is 4.98 Å². The van der Waals surface area contributed by atoms with Gasteiger partial charge in [0.2, 0.25) is 0 Å². The van der Waals surface area contributed by atoms with Crippen molar-refractivity contribution >= 4 is 5.82 Å². The molecular weight excluding hydrogens is 224 g/mol. The molecule has 1 atom stereocenters. The summed E-state index contributed by atoms with van der Waals surface area (Å²) in [6, 6.07) is 0.690. The van der Waals surface area contributed by atoms with Crippen LogP contribution in [0, 0.1) is 5.92 Å². The molecule has 1 aliphatic carbocycles. The molecule has 1 aromatic heterocycles. The van der Waals surface area contributed by atoms with Crippen molar-refractivity contribution in [2.45, 2.75) is 51.1 Å². The quantitative estimate of drug-likeness (QED) is 0.887. The van der Waals surface area contributed by atoms with Gasteiger partial charge >= 0.3 is 0 Å². The van der Waals surface area contributed by atoms with E-state index in [1.807, 2.05) is 6.20 Å². The number of nitrogens with zero attached hydrogens (tertiary/aromatic N) is 3. The van der Waals surface area contributed by atoms with Crippen LogP contribution in [-0.2, 0) is 6.54 Å². The number of hydrogen-bond donors (Lipinski definition) is 1. The Balaban J connectivity index is 1.80. The molecule has 18 heavy (non-hydrogen) atoms. The van der Waals surface area contributed by atoms with Crippen LogP contribution in [0.15, 0.2) is 12.4 Å². The summed E-state index contributed by atoms with van der Waals surface area (Å²) in [7, 11) is 0.